The average molecular weight is 333 g/mol. The Labute approximate surface area is 135 Å². The maximum Gasteiger partial charge on any atom is 0.406 e. The normalized spacial score (nSPS) is 33.7. The molecule has 0 radical (unpaired) electrons. The zero-order valence-corrected chi connectivity index (χ0v) is 13.9. The second kappa shape index (κ2) is 6.24. The highest BCUT2D eigenvalue weighted by atomic mass is 19.4. The minimum absolute atomic E-state index is 0.224. The van der Waals surface area contributed by atoms with E-state index in [0.29, 0.717) is 24.5 Å². The molecule has 4 nitrogen and oxygen atoms in total. The fourth-order valence-corrected chi connectivity index (χ4v) is 4.70. The third-order valence-electron chi connectivity index (χ3n) is 5.55. The Balaban J connectivity index is 1.66. The summed E-state index contributed by atoms with van der Waals surface area (Å²) in [5, 5.41) is 0. The van der Waals surface area contributed by atoms with Gasteiger partial charge < -0.3 is 4.90 Å². The van der Waals surface area contributed by atoms with E-state index >= 15 is 0 Å². The SMILES string of the molecule is CC(C)N1[C@H]2CC[C@H]1CN([C@H]1CCN(CC(F)(F)F)C1=O)CC2. The van der Waals surface area contributed by atoms with Crippen molar-refractivity contribution in [3.05, 3.63) is 0 Å². The molecule has 0 saturated carbocycles. The van der Waals surface area contributed by atoms with E-state index in [1.807, 2.05) is 0 Å². The zero-order chi connectivity index (χ0) is 16.8. The molecule has 3 heterocycles. The van der Waals surface area contributed by atoms with Crippen molar-refractivity contribution in [1.29, 1.82) is 0 Å². The molecule has 3 aliphatic heterocycles. The first-order chi connectivity index (χ1) is 10.8. The van der Waals surface area contributed by atoms with Crippen molar-refractivity contribution in [3.63, 3.8) is 0 Å². The summed E-state index contributed by atoms with van der Waals surface area (Å²) >= 11 is 0. The Morgan fingerprint density at radius 2 is 1.78 bits per heavy atom. The van der Waals surface area contributed by atoms with Gasteiger partial charge >= 0.3 is 6.18 Å². The lowest BCUT2D eigenvalue weighted by Gasteiger charge is -2.33. The van der Waals surface area contributed by atoms with Crippen molar-refractivity contribution in [2.24, 2.45) is 0 Å². The first-order valence-electron chi connectivity index (χ1n) is 8.63. The Kier molecular flexibility index (Phi) is 4.62. The Morgan fingerprint density at radius 3 is 2.43 bits per heavy atom. The molecular weight excluding hydrogens is 307 g/mol. The van der Waals surface area contributed by atoms with Crippen LogP contribution in [0.15, 0.2) is 0 Å². The molecule has 3 fully saturated rings. The largest absolute Gasteiger partial charge is 0.406 e. The van der Waals surface area contributed by atoms with Crippen molar-refractivity contribution in [2.45, 2.75) is 69.9 Å². The van der Waals surface area contributed by atoms with E-state index in [0.717, 1.165) is 30.8 Å². The predicted octanol–water partition coefficient (Wildman–Crippen LogP) is 2.10. The van der Waals surface area contributed by atoms with Gasteiger partial charge in [0.1, 0.15) is 6.54 Å². The van der Waals surface area contributed by atoms with Crippen molar-refractivity contribution < 1.29 is 18.0 Å². The first kappa shape index (κ1) is 17.0. The monoisotopic (exact) mass is 333 g/mol. The standard InChI is InChI=1S/C16H26F3N3O/c1-11(2)22-12-3-4-13(22)9-20(7-5-12)14-6-8-21(15(14)23)10-16(17,18)19/h11-14H,3-10H2,1-2H3/t12-,13-,14-/m0/s1. The maximum atomic E-state index is 12.6. The lowest BCUT2D eigenvalue weighted by Crippen LogP contribution is -2.48. The van der Waals surface area contributed by atoms with Crippen LogP contribution in [0.5, 0.6) is 0 Å². The molecule has 0 aromatic rings. The van der Waals surface area contributed by atoms with E-state index < -0.39 is 12.7 Å². The lowest BCUT2D eigenvalue weighted by atomic mass is 10.1. The van der Waals surface area contributed by atoms with Crippen LogP contribution in [0, 0.1) is 0 Å². The van der Waals surface area contributed by atoms with Gasteiger partial charge in [-0.2, -0.15) is 13.2 Å². The van der Waals surface area contributed by atoms with Crippen LogP contribution in [0.3, 0.4) is 0 Å². The highest BCUT2D eigenvalue weighted by Crippen LogP contribution is 2.34. The Hall–Kier alpha value is -0.820. The van der Waals surface area contributed by atoms with E-state index in [-0.39, 0.29) is 18.5 Å². The van der Waals surface area contributed by atoms with Gasteiger partial charge in [0.2, 0.25) is 5.91 Å². The van der Waals surface area contributed by atoms with Crippen LogP contribution in [0.1, 0.15) is 39.5 Å². The number of rotatable bonds is 3. The molecule has 0 unspecified atom stereocenters. The number of fused-ring (bicyclic) bond motifs is 2. The van der Waals surface area contributed by atoms with E-state index in [1.165, 1.54) is 6.42 Å². The zero-order valence-electron chi connectivity index (χ0n) is 13.9. The number of hydrogen-bond donors (Lipinski definition) is 0. The summed E-state index contributed by atoms with van der Waals surface area (Å²) < 4.78 is 37.7. The number of carbonyl (C=O) groups is 1. The molecule has 0 N–H and O–H groups in total. The molecule has 23 heavy (non-hydrogen) atoms. The van der Waals surface area contributed by atoms with Gasteiger partial charge in [-0.3, -0.25) is 14.6 Å². The van der Waals surface area contributed by atoms with Crippen molar-refractivity contribution >= 4 is 5.91 Å². The molecule has 0 aromatic heterocycles. The van der Waals surface area contributed by atoms with Gasteiger partial charge in [-0.1, -0.05) is 0 Å². The third-order valence-corrected chi connectivity index (χ3v) is 5.55. The van der Waals surface area contributed by atoms with Crippen LogP contribution < -0.4 is 0 Å². The van der Waals surface area contributed by atoms with Crippen LogP contribution in [0.2, 0.25) is 0 Å². The van der Waals surface area contributed by atoms with Gasteiger partial charge in [0.05, 0.1) is 6.04 Å². The van der Waals surface area contributed by atoms with Gasteiger partial charge in [0.25, 0.3) is 0 Å². The molecule has 132 valence electrons. The molecule has 3 atom stereocenters. The summed E-state index contributed by atoms with van der Waals surface area (Å²) in [4.78, 5) is 18.1. The number of carbonyl (C=O) groups excluding carboxylic acids is 1. The van der Waals surface area contributed by atoms with Gasteiger partial charge in [-0.15, -0.1) is 0 Å². The minimum atomic E-state index is -4.31. The van der Waals surface area contributed by atoms with Gasteiger partial charge in [-0.05, 0) is 39.5 Å². The summed E-state index contributed by atoms with van der Waals surface area (Å²) in [6, 6.07) is 1.12. The molecule has 7 heteroatoms. The second-order valence-electron chi connectivity index (χ2n) is 7.39. The second-order valence-corrected chi connectivity index (χ2v) is 7.39. The molecular formula is C16H26F3N3O. The van der Waals surface area contributed by atoms with Crippen LogP contribution in [0.25, 0.3) is 0 Å². The molecule has 0 aromatic carbocycles. The van der Waals surface area contributed by atoms with Crippen LogP contribution >= 0.6 is 0 Å². The van der Waals surface area contributed by atoms with E-state index in [2.05, 4.69) is 23.6 Å². The van der Waals surface area contributed by atoms with Crippen molar-refractivity contribution in [2.75, 3.05) is 26.2 Å². The molecule has 2 bridgehead atoms. The van der Waals surface area contributed by atoms with Crippen LogP contribution in [-0.2, 0) is 4.79 Å². The summed E-state index contributed by atoms with van der Waals surface area (Å²) in [5.74, 6) is -0.337. The molecule has 0 spiro atoms. The molecule has 1 amide bonds. The fourth-order valence-electron chi connectivity index (χ4n) is 4.70. The van der Waals surface area contributed by atoms with E-state index in [1.54, 1.807) is 0 Å². The van der Waals surface area contributed by atoms with Gasteiger partial charge in [-0.25, -0.2) is 0 Å². The quantitative estimate of drug-likeness (QED) is 0.791. The summed E-state index contributed by atoms with van der Waals surface area (Å²) in [6.07, 6.45) is -0.440. The highest BCUT2D eigenvalue weighted by molar-refractivity contribution is 5.84. The minimum Gasteiger partial charge on any atom is -0.332 e. The maximum absolute atomic E-state index is 12.6. The number of likely N-dealkylation sites (tertiary alicyclic amines) is 2. The average Bonchev–Trinajstić information content (AvgIpc) is 2.90. The molecule has 3 rings (SSSR count). The fraction of sp³-hybridized carbons (Fsp3) is 0.938. The summed E-state index contributed by atoms with van der Waals surface area (Å²) in [5.41, 5.74) is 0. The predicted molar refractivity (Wildman–Crippen MR) is 81.0 cm³/mol. The highest BCUT2D eigenvalue weighted by Gasteiger charge is 2.45. The number of halogens is 3. The van der Waals surface area contributed by atoms with Crippen molar-refractivity contribution in [3.8, 4) is 0 Å². The van der Waals surface area contributed by atoms with Gasteiger partial charge in [0, 0.05) is 37.8 Å². The number of amides is 1. The molecule has 3 saturated heterocycles. The number of alkyl halides is 3. The Morgan fingerprint density at radius 1 is 1.09 bits per heavy atom. The Bertz CT molecular complexity index is 454. The van der Waals surface area contributed by atoms with Crippen LogP contribution in [-0.4, -0.2) is 77.1 Å². The lowest BCUT2D eigenvalue weighted by molar-refractivity contribution is -0.159. The van der Waals surface area contributed by atoms with Crippen LogP contribution in [0.4, 0.5) is 13.2 Å². The third kappa shape index (κ3) is 3.50. The molecule has 3 aliphatic rings. The van der Waals surface area contributed by atoms with Gasteiger partial charge in [0.15, 0.2) is 0 Å². The van der Waals surface area contributed by atoms with Crippen molar-refractivity contribution in [1.82, 2.24) is 14.7 Å². The van der Waals surface area contributed by atoms with E-state index in [9.17, 15) is 18.0 Å². The summed E-state index contributed by atoms with van der Waals surface area (Å²) in [6.45, 7) is 5.15. The number of nitrogens with zero attached hydrogens (tertiary/aromatic N) is 3. The smallest absolute Gasteiger partial charge is 0.332 e. The number of hydrogen-bond acceptors (Lipinski definition) is 3. The first-order valence-corrected chi connectivity index (χ1v) is 8.63. The van der Waals surface area contributed by atoms with E-state index in [4.69, 9.17) is 0 Å². The molecule has 0 aliphatic carbocycles. The topological polar surface area (TPSA) is 26.8 Å². The summed E-state index contributed by atoms with van der Waals surface area (Å²) in [7, 11) is 0.